The van der Waals surface area contributed by atoms with E-state index < -0.39 is 11.9 Å². The van der Waals surface area contributed by atoms with Crippen molar-refractivity contribution in [2.45, 2.75) is 13.0 Å². The fourth-order valence-electron chi connectivity index (χ4n) is 4.20. The number of carbonyl (C=O) groups is 1. The number of anilines is 1. The number of aromatic nitrogens is 1. The minimum atomic E-state index is -0.745. The summed E-state index contributed by atoms with van der Waals surface area (Å²) in [7, 11) is 0. The van der Waals surface area contributed by atoms with E-state index in [1.54, 1.807) is 66.9 Å². The van der Waals surface area contributed by atoms with Crippen LogP contribution in [0.2, 0.25) is 0 Å². The molecule has 0 saturated carbocycles. The zero-order valence-corrected chi connectivity index (χ0v) is 18.6. The van der Waals surface area contributed by atoms with Gasteiger partial charge >= 0.3 is 0 Å². The van der Waals surface area contributed by atoms with Gasteiger partial charge < -0.3 is 13.9 Å². The standard InChI is InChI=1S/C27H22N2O5/c1-3-15-33-20-13-12-17(16-21(20)32-4-2)24-23-25(30)18-9-5-6-10-19(18)34-26(23)27(31)29(24)22-11-7-8-14-28-22/h3,5-14,16,24H,1,4,15H2,2H3/t24-/m1/s1. The Labute approximate surface area is 195 Å². The second-order valence-electron chi connectivity index (χ2n) is 7.67. The Morgan fingerprint density at radius 2 is 1.88 bits per heavy atom. The molecular weight excluding hydrogens is 432 g/mol. The highest BCUT2D eigenvalue weighted by Crippen LogP contribution is 2.42. The molecule has 4 aromatic rings. The van der Waals surface area contributed by atoms with Gasteiger partial charge in [0.2, 0.25) is 5.76 Å². The van der Waals surface area contributed by atoms with Crippen molar-refractivity contribution in [2.24, 2.45) is 0 Å². The van der Waals surface area contributed by atoms with E-state index >= 15 is 0 Å². The average Bonchev–Trinajstić information content (AvgIpc) is 3.16. The second-order valence-corrected chi connectivity index (χ2v) is 7.67. The molecule has 1 atom stereocenters. The van der Waals surface area contributed by atoms with Crippen LogP contribution in [0.25, 0.3) is 11.0 Å². The first-order valence-electron chi connectivity index (χ1n) is 10.9. The molecule has 7 heteroatoms. The predicted molar refractivity (Wildman–Crippen MR) is 129 cm³/mol. The Morgan fingerprint density at radius 3 is 2.65 bits per heavy atom. The number of benzene rings is 2. The normalized spacial score (nSPS) is 14.8. The van der Waals surface area contributed by atoms with Crippen molar-refractivity contribution in [1.82, 2.24) is 4.98 Å². The van der Waals surface area contributed by atoms with Crippen molar-refractivity contribution in [3.05, 3.63) is 107 Å². The van der Waals surface area contributed by atoms with Crippen LogP contribution in [-0.2, 0) is 0 Å². The molecule has 7 nitrogen and oxygen atoms in total. The summed E-state index contributed by atoms with van der Waals surface area (Å²) in [4.78, 5) is 33.1. The molecule has 1 aliphatic rings. The summed E-state index contributed by atoms with van der Waals surface area (Å²) in [5, 5.41) is 0.415. The molecule has 2 aromatic carbocycles. The van der Waals surface area contributed by atoms with Crippen LogP contribution in [0.5, 0.6) is 11.5 Å². The van der Waals surface area contributed by atoms with E-state index in [9.17, 15) is 9.59 Å². The third kappa shape index (κ3) is 3.51. The van der Waals surface area contributed by atoms with Crippen LogP contribution in [0, 0.1) is 0 Å². The molecule has 0 aliphatic carbocycles. The summed E-state index contributed by atoms with van der Waals surface area (Å²) in [6.07, 6.45) is 3.25. The van der Waals surface area contributed by atoms with Gasteiger partial charge in [-0.3, -0.25) is 14.5 Å². The first-order chi connectivity index (χ1) is 16.6. The first-order valence-corrected chi connectivity index (χ1v) is 10.9. The van der Waals surface area contributed by atoms with Crippen LogP contribution in [0.15, 0.2) is 88.7 Å². The predicted octanol–water partition coefficient (Wildman–Crippen LogP) is 4.90. The smallest absolute Gasteiger partial charge is 0.296 e. The summed E-state index contributed by atoms with van der Waals surface area (Å²) in [6.45, 7) is 6.30. The van der Waals surface area contributed by atoms with Crippen LogP contribution in [-0.4, -0.2) is 24.1 Å². The van der Waals surface area contributed by atoms with Gasteiger partial charge in [-0.1, -0.05) is 36.9 Å². The van der Waals surface area contributed by atoms with Crippen molar-refractivity contribution >= 4 is 22.7 Å². The van der Waals surface area contributed by atoms with Gasteiger partial charge in [-0.25, -0.2) is 4.98 Å². The van der Waals surface area contributed by atoms with E-state index in [0.29, 0.717) is 47.1 Å². The molecule has 170 valence electrons. The SMILES string of the molecule is C=CCOc1ccc([C@@H]2c3c(oc4ccccc4c3=O)C(=O)N2c2ccccn2)cc1OCC. The molecule has 0 radical (unpaired) electrons. The van der Waals surface area contributed by atoms with Gasteiger partial charge in [-0.15, -0.1) is 0 Å². The number of para-hydroxylation sites is 1. The fraction of sp³-hybridized carbons (Fsp3) is 0.148. The Morgan fingerprint density at radius 1 is 1.06 bits per heavy atom. The lowest BCUT2D eigenvalue weighted by Gasteiger charge is -2.25. The number of hydrogen-bond acceptors (Lipinski definition) is 6. The van der Waals surface area contributed by atoms with Crippen LogP contribution < -0.4 is 19.8 Å². The van der Waals surface area contributed by atoms with E-state index in [2.05, 4.69) is 11.6 Å². The van der Waals surface area contributed by atoms with Gasteiger partial charge in [-0.05, 0) is 48.9 Å². The average molecular weight is 454 g/mol. The van der Waals surface area contributed by atoms with Gasteiger partial charge in [0.15, 0.2) is 16.9 Å². The quantitative estimate of drug-likeness (QED) is 0.370. The van der Waals surface area contributed by atoms with Gasteiger partial charge in [0.25, 0.3) is 5.91 Å². The van der Waals surface area contributed by atoms with Gasteiger partial charge in [0.1, 0.15) is 18.0 Å². The summed E-state index contributed by atoms with van der Waals surface area (Å²) in [5.41, 5.74) is 1.06. The Kier molecular flexibility index (Phi) is 5.59. The van der Waals surface area contributed by atoms with E-state index in [4.69, 9.17) is 13.9 Å². The number of amides is 1. The lowest BCUT2D eigenvalue weighted by molar-refractivity contribution is 0.0970. The second kappa shape index (κ2) is 8.86. The number of carbonyl (C=O) groups excluding carboxylic acids is 1. The van der Waals surface area contributed by atoms with Crippen LogP contribution >= 0.6 is 0 Å². The molecule has 0 saturated heterocycles. The van der Waals surface area contributed by atoms with E-state index in [1.165, 1.54) is 4.90 Å². The molecule has 2 aromatic heterocycles. The lowest BCUT2D eigenvalue weighted by Crippen LogP contribution is -2.30. The highest BCUT2D eigenvalue weighted by Gasteiger charge is 2.44. The van der Waals surface area contributed by atoms with Crippen molar-refractivity contribution in [3.8, 4) is 11.5 Å². The first kappa shape index (κ1) is 21.5. The monoisotopic (exact) mass is 454 g/mol. The molecule has 1 aliphatic heterocycles. The minimum Gasteiger partial charge on any atom is -0.490 e. The molecule has 0 bridgehead atoms. The van der Waals surface area contributed by atoms with Crippen molar-refractivity contribution < 1.29 is 18.7 Å². The highest BCUT2D eigenvalue weighted by atomic mass is 16.5. The maximum Gasteiger partial charge on any atom is 0.296 e. The number of nitrogens with zero attached hydrogens (tertiary/aromatic N) is 2. The number of ether oxygens (including phenoxy) is 2. The molecular formula is C27H22N2O5. The molecule has 3 heterocycles. The van der Waals surface area contributed by atoms with Crippen molar-refractivity contribution in [2.75, 3.05) is 18.1 Å². The molecule has 1 amide bonds. The van der Waals surface area contributed by atoms with E-state index in [-0.39, 0.29) is 16.8 Å². The Balaban J connectivity index is 1.74. The Hall–Kier alpha value is -4.39. The van der Waals surface area contributed by atoms with Gasteiger partial charge in [0.05, 0.1) is 23.6 Å². The number of hydrogen-bond donors (Lipinski definition) is 0. The maximum atomic E-state index is 13.6. The van der Waals surface area contributed by atoms with Crippen molar-refractivity contribution in [1.29, 1.82) is 0 Å². The fourth-order valence-corrected chi connectivity index (χ4v) is 4.20. The minimum absolute atomic E-state index is 0.0179. The topological polar surface area (TPSA) is 81.9 Å². The maximum absolute atomic E-state index is 13.6. The number of pyridine rings is 1. The third-order valence-electron chi connectivity index (χ3n) is 5.61. The van der Waals surface area contributed by atoms with Crippen LogP contribution in [0.3, 0.4) is 0 Å². The highest BCUT2D eigenvalue weighted by molar-refractivity contribution is 6.10. The molecule has 0 fully saturated rings. The largest absolute Gasteiger partial charge is 0.490 e. The number of fused-ring (bicyclic) bond motifs is 2. The zero-order valence-electron chi connectivity index (χ0n) is 18.6. The molecule has 5 rings (SSSR count). The molecule has 0 spiro atoms. The molecule has 0 unspecified atom stereocenters. The summed E-state index contributed by atoms with van der Waals surface area (Å²) in [5.74, 6) is 1.06. The lowest BCUT2D eigenvalue weighted by atomic mass is 9.98. The van der Waals surface area contributed by atoms with E-state index in [1.807, 2.05) is 13.0 Å². The van der Waals surface area contributed by atoms with Gasteiger partial charge in [-0.2, -0.15) is 0 Å². The van der Waals surface area contributed by atoms with Crippen LogP contribution in [0.4, 0.5) is 5.82 Å². The van der Waals surface area contributed by atoms with Gasteiger partial charge in [0, 0.05) is 6.20 Å². The number of rotatable bonds is 7. The van der Waals surface area contributed by atoms with Crippen LogP contribution in [0.1, 0.15) is 34.6 Å². The zero-order chi connectivity index (χ0) is 23.7. The van der Waals surface area contributed by atoms with E-state index in [0.717, 1.165) is 0 Å². The Bertz CT molecular complexity index is 1440. The summed E-state index contributed by atoms with van der Waals surface area (Å²) in [6, 6.07) is 16.8. The summed E-state index contributed by atoms with van der Waals surface area (Å²) < 4.78 is 17.5. The third-order valence-corrected chi connectivity index (χ3v) is 5.61. The molecule has 0 N–H and O–H groups in total. The summed E-state index contributed by atoms with van der Waals surface area (Å²) >= 11 is 0. The molecule has 34 heavy (non-hydrogen) atoms. The van der Waals surface area contributed by atoms with Crippen molar-refractivity contribution in [3.63, 3.8) is 0 Å².